The van der Waals surface area contributed by atoms with Crippen molar-refractivity contribution in [3.8, 4) is 0 Å². The van der Waals surface area contributed by atoms with Gasteiger partial charge in [0.2, 0.25) is 5.91 Å². The van der Waals surface area contributed by atoms with Crippen LogP contribution < -0.4 is 11.1 Å². The zero-order valence-corrected chi connectivity index (χ0v) is 8.62. The second kappa shape index (κ2) is 4.25. The summed E-state index contributed by atoms with van der Waals surface area (Å²) in [6.45, 7) is 4.47. The van der Waals surface area contributed by atoms with Crippen molar-refractivity contribution < 1.29 is 14.6 Å². The summed E-state index contributed by atoms with van der Waals surface area (Å²) in [5, 5.41) is 12.1. The van der Waals surface area contributed by atoms with Crippen LogP contribution in [0.3, 0.4) is 0 Å². The second-order valence-electron chi connectivity index (χ2n) is 4.27. The van der Waals surface area contributed by atoms with E-state index in [0.29, 0.717) is 6.61 Å². The lowest BCUT2D eigenvalue weighted by atomic mass is 9.92. The van der Waals surface area contributed by atoms with Crippen molar-refractivity contribution in [2.24, 2.45) is 11.1 Å². The molecule has 0 aromatic carbocycles. The molecule has 0 bridgehead atoms. The summed E-state index contributed by atoms with van der Waals surface area (Å²) in [7, 11) is 0. The zero-order valence-electron chi connectivity index (χ0n) is 8.62. The summed E-state index contributed by atoms with van der Waals surface area (Å²) in [5.74, 6) is -0.144. The third-order valence-corrected chi connectivity index (χ3v) is 2.49. The van der Waals surface area contributed by atoms with E-state index in [2.05, 4.69) is 5.32 Å². The van der Waals surface area contributed by atoms with Gasteiger partial charge in [-0.25, -0.2) is 0 Å². The molecule has 4 N–H and O–H groups in total. The van der Waals surface area contributed by atoms with Crippen LogP contribution in [0.25, 0.3) is 0 Å². The van der Waals surface area contributed by atoms with Crippen LogP contribution in [0.1, 0.15) is 13.8 Å². The molecule has 5 heteroatoms. The maximum Gasteiger partial charge on any atom is 0.227 e. The van der Waals surface area contributed by atoms with E-state index in [1.165, 1.54) is 0 Å². The Bertz CT molecular complexity index is 218. The van der Waals surface area contributed by atoms with Crippen LogP contribution in [0.4, 0.5) is 0 Å². The lowest BCUT2D eigenvalue weighted by molar-refractivity contribution is -0.130. The molecule has 1 heterocycles. The first-order chi connectivity index (χ1) is 6.47. The van der Waals surface area contributed by atoms with Crippen molar-refractivity contribution in [2.75, 3.05) is 19.8 Å². The Morgan fingerprint density at radius 2 is 2.29 bits per heavy atom. The summed E-state index contributed by atoms with van der Waals surface area (Å²) in [6.07, 6.45) is -0.604. The predicted octanol–water partition coefficient (Wildman–Crippen LogP) is -1.15. The number of hydrogen-bond donors (Lipinski definition) is 3. The molecule has 1 rings (SSSR count). The number of aliphatic hydroxyl groups excluding tert-OH is 1. The number of carbonyl (C=O) groups excluding carboxylic acids is 1. The summed E-state index contributed by atoms with van der Waals surface area (Å²) in [4.78, 5) is 11.6. The first-order valence-electron chi connectivity index (χ1n) is 4.74. The van der Waals surface area contributed by atoms with Crippen LogP contribution in [0.5, 0.6) is 0 Å². The highest BCUT2D eigenvalue weighted by atomic mass is 16.5. The van der Waals surface area contributed by atoms with Gasteiger partial charge in [-0.15, -0.1) is 0 Å². The van der Waals surface area contributed by atoms with E-state index in [0.717, 1.165) is 0 Å². The Morgan fingerprint density at radius 1 is 1.64 bits per heavy atom. The van der Waals surface area contributed by atoms with Gasteiger partial charge < -0.3 is 20.9 Å². The van der Waals surface area contributed by atoms with Crippen LogP contribution in [-0.4, -0.2) is 42.9 Å². The fourth-order valence-corrected chi connectivity index (χ4v) is 1.14. The van der Waals surface area contributed by atoms with Crippen molar-refractivity contribution in [2.45, 2.75) is 26.0 Å². The highest BCUT2D eigenvalue weighted by Crippen LogP contribution is 2.14. The van der Waals surface area contributed by atoms with Crippen molar-refractivity contribution in [1.29, 1.82) is 0 Å². The molecular weight excluding hydrogens is 184 g/mol. The number of nitrogens with one attached hydrogen (secondary N) is 1. The van der Waals surface area contributed by atoms with E-state index in [1.54, 1.807) is 13.8 Å². The smallest absolute Gasteiger partial charge is 0.227 e. The van der Waals surface area contributed by atoms with E-state index >= 15 is 0 Å². The summed E-state index contributed by atoms with van der Waals surface area (Å²) in [5.41, 5.74) is 4.87. The summed E-state index contributed by atoms with van der Waals surface area (Å²) in [6, 6.07) is -0.298. The van der Waals surface area contributed by atoms with Gasteiger partial charge >= 0.3 is 0 Å². The zero-order chi connectivity index (χ0) is 10.8. The fourth-order valence-electron chi connectivity index (χ4n) is 1.14. The quantitative estimate of drug-likeness (QED) is 0.539. The van der Waals surface area contributed by atoms with Crippen LogP contribution >= 0.6 is 0 Å². The molecule has 0 radical (unpaired) electrons. The molecule has 1 amide bonds. The monoisotopic (exact) mass is 202 g/mol. The van der Waals surface area contributed by atoms with E-state index in [4.69, 9.17) is 10.5 Å². The standard InChI is InChI=1S/C9H18N2O3/c1-9(2,5-10)8(13)11-6-3-14-4-7(6)12/h6-7,12H,3-5,10H2,1-2H3,(H,11,13). The van der Waals surface area contributed by atoms with Crippen LogP contribution in [0, 0.1) is 5.41 Å². The largest absolute Gasteiger partial charge is 0.388 e. The normalized spacial score (nSPS) is 27.7. The summed E-state index contributed by atoms with van der Waals surface area (Å²) < 4.78 is 5.02. The first-order valence-corrected chi connectivity index (χ1v) is 4.74. The molecule has 0 spiro atoms. The average Bonchev–Trinajstić information content (AvgIpc) is 2.52. The minimum absolute atomic E-state index is 0.144. The Morgan fingerprint density at radius 3 is 2.71 bits per heavy atom. The second-order valence-corrected chi connectivity index (χ2v) is 4.27. The summed E-state index contributed by atoms with van der Waals surface area (Å²) >= 11 is 0. The van der Waals surface area contributed by atoms with E-state index in [1.807, 2.05) is 0 Å². The molecule has 82 valence electrons. The number of carbonyl (C=O) groups is 1. The molecule has 0 aromatic rings. The molecule has 1 saturated heterocycles. The van der Waals surface area contributed by atoms with E-state index in [-0.39, 0.29) is 25.1 Å². The predicted molar refractivity (Wildman–Crippen MR) is 51.6 cm³/mol. The molecule has 0 saturated carbocycles. The van der Waals surface area contributed by atoms with Gasteiger partial charge in [0.05, 0.1) is 30.8 Å². The molecule has 5 nitrogen and oxygen atoms in total. The van der Waals surface area contributed by atoms with E-state index < -0.39 is 11.5 Å². The maximum atomic E-state index is 11.6. The van der Waals surface area contributed by atoms with Gasteiger partial charge in [-0.05, 0) is 13.8 Å². The van der Waals surface area contributed by atoms with Gasteiger partial charge in [0.1, 0.15) is 0 Å². The van der Waals surface area contributed by atoms with Gasteiger partial charge in [-0.3, -0.25) is 4.79 Å². The van der Waals surface area contributed by atoms with Gasteiger partial charge in [0.25, 0.3) is 0 Å². The lowest BCUT2D eigenvalue weighted by Gasteiger charge is -2.24. The third-order valence-electron chi connectivity index (χ3n) is 2.49. The Hall–Kier alpha value is -0.650. The topological polar surface area (TPSA) is 84.6 Å². The van der Waals surface area contributed by atoms with Crippen molar-refractivity contribution >= 4 is 5.91 Å². The average molecular weight is 202 g/mol. The van der Waals surface area contributed by atoms with Gasteiger partial charge in [-0.1, -0.05) is 0 Å². The molecule has 2 atom stereocenters. The fraction of sp³-hybridized carbons (Fsp3) is 0.889. The van der Waals surface area contributed by atoms with Crippen LogP contribution in [0.2, 0.25) is 0 Å². The van der Waals surface area contributed by atoms with Gasteiger partial charge in [0, 0.05) is 6.54 Å². The highest BCUT2D eigenvalue weighted by molar-refractivity contribution is 5.82. The SMILES string of the molecule is CC(C)(CN)C(=O)NC1COCC1O. The van der Waals surface area contributed by atoms with E-state index in [9.17, 15) is 9.90 Å². The molecule has 1 aliphatic rings. The van der Waals surface area contributed by atoms with Crippen molar-refractivity contribution in [1.82, 2.24) is 5.32 Å². The number of aliphatic hydroxyl groups is 1. The number of ether oxygens (including phenoxy) is 1. The molecule has 2 unspecified atom stereocenters. The molecule has 0 aliphatic carbocycles. The van der Waals surface area contributed by atoms with Gasteiger partial charge in [0.15, 0.2) is 0 Å². The van der Waals surface area contributed by atoms with Crippen LogP contribution in [0.15, 0.2) is 0 Å². The minimum Gasteiger partial charge on any atom is -0.388 e. The Kier molecular flexibility index (Phi) is 3.47. The molecule has 1 aliphatic heterocycles. The highest BCUT2D eigenvalue weighted by Gasteiger charge is 2.32. The lowest BCUT2D eigenvalue weighted by Crippen LogP contribution is -2.49. The number of amides is 1. The van der Waals surface area contributed by atoms with Gasteiger partial charge in [-0.2, -0.15) is 0 Å². The van der Waals surface area contributed by atoms with Crippen molar-refractivity contribution in [3.05, 3.63) is 0 Å². The molecule has 1 fully saturated rings. The number of nitrogens with two attached hydrogens (primary N) is 1. The molecular formula is C9H18N2O3. The minimum atomic E-state index is -0.604. The van der Waals surface area contributed by atoms with Crippen LogP contribution in [-0.2, 0) is 9.53 Å². The van der Waals surface area contributed by atoms with Crippen molar-refractivity contribution in [3.63, 3.8) is 0 Å². The Balaban J connectivity index is 2.48. The maximum absolute atomic E-state index is 11.6. The Labute approximate surface area is 83.6 Å². The third kappa shape index (κ3) is 2.43. The number of hydrogen-bond acceptors (Lipinski definition) is 4. The molecule has 14 heavy (non-hydrogen) atoms. The molecule has 0 aromatic heterocycles. The number of rotatable bonds is 3. The first kappa shape index (κ1) is 11.4.